The van der Waals surface area contributed by atoms with E-state index >= 15 is 0 Å². The first-order chi connectivity index (χ1) is 4.22. The summed E-state index contributed by atoms with van der Waals surface area (Å²) in [6, 6.07) is 0. The maximum atomic E-state index is 4.25. The lowest BCUT2D eigenvalue weighted by Gasteiger charge is -1.98. The van der Waals surface area contributed by atoms with Gasteiger partial charge in [-0.1, -0.05) is 33.6 Å². The van der Waals surface area contributed by atoms with Gasteiger partial charge in [0.05, 0.1) is 0 Å². The Hall–Kier alpha value is -0.0400. The van der Waals surface area contributed by atoms with Gasteiger partial charge in [0.25, 0.3) is 0 Å². The highest BCUT2D eigenvalue weighted by Crippen LogP contribution is 2.02. The van der Waals surface area contributed by atoms with Crippen molar-refractivity contribution in [2.24, 2.45) is 5.92 Å². The lowest BCUT2D eigenvalue weighted by molar-refractivity contribution is 0.277. The predicted molar refractivity (Wildman–Crippen MR) is 42.7 cm³/mol. The molecule has 0 spiro atoms. The molecular formula is C8H20O. The fraction of sp³-hybridized carbons (Fsp3) is 1.00. The highest BCUT2D eigenvalue weighted by Gasteiger charge is 1.88. The van der Waals surface area contributed by atoms with Crippen molar-refractivity contribution in [3.05, 3.63) is 0 Å². The Labute approximate surface area is 59.4 Å². The Morgan fingerprint density at radius 3 is 1.33 bits per heavy atom. The highest BCUT2D eigenvalue weighted by molar-refractivity contribution is 4.41. The van der Waals surface area contributed by atoms with Crippen LogP contribution in [0.4, 0.5) is 0 Å². The molecule has 0 unspecified atom stereocenters. The predicted octanol–water partition coefficient (Wildman–Crippen LogP) is 2.71. The Morgan fingerprint density at radius 1 is 1.11 bits per heavy atom. The van der Waals surface area contributed by atoms with Gasteiger partial charge in [0.1, 0.15) is 0 Å². The highest BCUT2D eigenvalue weighted by atomic mass is 16.4. The number of hydrogen-bond donors (Lipinski definition) is 0. The number of ether oxygens (including phenoxy) is 1. The Kier molecular flexibility index (Phi) is 14.1. The van der Waals surface area contributed by atoms with Crippen LogP contribution in [0, 0.1) is 5.92 Å². The second-order valence-electron chi connectivity index (χ2n) is 2.33. The van der Waals surface area contributed by atoms with Crippen molar-refractivity contribution in [2.45, 2.75) is 33.6 Å². The van der Waals surface area contributed by atoms with Crippen LogP contribution in [0.25, 0.3) is 0 Å². The molecule has 0 aliphatic heterocycles. The zero-order chi connectivity index (χ0) is 7.70. The molecule has 1 nitrogen and oxygen atoms in total. The van der Waals surface area contributed by atoms with Crippen LogP contribution in [0.2, 0.25) is 0 Å². The van der Waals surface area contributed by atoms with Crippen LogP contribution in [-0.4, -0.2) is 14.2 Å². The summed E-state index contributed by atoms with van der Waals surface area (Å²) in [4.78, 5) is 0. The number of rotatable bonds is 2. The van der Waals surface area contributed by atoms with Gasteiger partial charge in [0, 0.05) is 14.2 Å². The largest absolute Gasteiger partial charge is 0.388 e. The normalized spacial score (nSPS) is 8.67. The summed E-state index contributed by atoms with van der Waals surface area (Å²) in [5.74, 6) is 0.935. The first-order valence-corrected chi connectivity index (χ1v) is 3.62. The molecule has 0 amide bonds. The lowest BCUT2D eigenvalue weighted by Crippen LogP contribution is -1.85. The Morgan fingerprint density at radius 2 is 1.33 bits per heavy atom. The molecule has 0 aliphatic rings. The molecule has 0 radical (unpaired) electrons. The Bertz CT molecular complexity index is 31.5. The van der Waals surface area contributed by atoms with Gasteiger partial charge in [-0.15, -0.1) is 0 Å². The summed E-state index contributed by atoms with van der Waals surface area (Å²) >= 11 is 0. The SMILES string of the molecule is CCC(C)CC.COC. The van der Waals surface area contributed by atoms with Gasteiger partial charge in [0.2, 0.25) is 0 Å². The van der Waals surface area contributed by atoms with Gasteiger partial charge in [-0.25, -0.2) is 0 Å². The van der Waals surface area contributed by atoms with Crippen LogP contribution in [0.3, 0.4) is 0 Å². The van der Waals surface area contributed by atoms with E-state index in [1.165, 1.54) is 12.8 Å². The molecule has 0 N–H and O–H groups in total. The van der Waals surface area contributed by atoms with Crippen LogP contribution < -0.4 is 0 Å². The van der Waals surface area contributed by atoms with Crippen LogP contribution in [-0.2, 0) is 4.74 Å². The lowest BCUT2D eigenvalue weighted by atomic mass is 10.1. The molecule has 9 heavy (non-hydrogen) atoms. The molecule has 0 atom stereocenters. The van der Waals surface area contributed by atoms with E-state index < -0.39 is 0 Å². The Balaban J connectivity index is 0. The summed E-state index contributed by atoms with van der Waals surface area (Å²) in [5, 5.41) is 0. The first-order valence-electron chi connectivity index (χ1n) is 3.62. The summed E-state index contributed by atoms with van der Waals surface area (Å²) in [7, 11) is 3.25. The van der Waals surface area contributed by atoms with Crippen molar-refractivity contribution in [1.29, 1.82) is 0 Å². The molecule has 0 saturated heterocycles. The molecular weight excluding hydrogens is 112 g/mol. The molecule has 0 aromatic rings. The molecule has 0 bridgehead atoms. The van der Waals surface area contributed by atoms with Crippen LogP contribution >= 0.6 is 0 Å². The molecule has 0 aliphatic carbocycles. The molecule has 0 fully saturated rings. The minimum absolute atomic E-state index is 0.935. The smallest absolute Gasteiger partial charge is 0.0351 e. The van der Waals surface area contributed by atoms with Crippen molar-refractivity contribution < 1.29 is 4.74 Å². The van der Waals surface area contributed by atoms with Crippen molar-refractivity contribution in [2.75, 3.05) is 14.2 Å². The van der Waals surface area contributed by atoms with Crippen molar-refractivity contribution in [3.8, 4) is 0 Å². The van der Waals surface area contributed by atoms with E-state index in [2.05, 4.69) is 25.5 Å². The van der Waals surface area contributed by atoms with E-state index in [-0.39, 0.29) is 0 Å². The molecule has 0 rings (SSSR count). The van der Waals surface area contributed by atoms with Gasteiger partial charge in [-0.2, -0.15) is 0 Å². The molecule has 0 heterocycles. The van der Waals surface area contributed by atoms with Gasteiger partial charge < -0.3 is 4.74 Å². The fourth-order valence-electron chi connectivity index (χ4n) is 0.289. The van der Waals surface area contributed by atoms with Crippen molar-refractivity contribution >= 4 is 0 Å². The van der Waals surface area contributed by atoms with E-state index in [0.717, 1.165) is 5.92 Å². The van der Waals surface area contributed by atoms with Gasteiger partial charge in [-0.05, 0) is 5.92 Å². The molecule has 0 saturated carbocycles. The van der Waals surface area contributed by atoms with E-state index in [9.17, 15) is 0 Å². The quantitative estimate of drug-likeness (QED) is 0.561. The summed E-state index contributed by atoms with van der Waals surface area (Å²) in [6.07, 6.45) is 2.66. The first kappa shape index (κ1) is 11.7. The maximum absolute atomic E-state index is 4.25. The number of methoxy groups -OCH3 is 1. The summed E-state index contributed by atoms with van der Waals surface area (Å²) in [6.45, 7) is 6.74. The summed E-state index contributed by atoms with van der Waals surface area (Å²) in [5.41, 5.74) is 0. The van der Waals surface area contributed by atoms with E-state index in [4.69, 9.17) is 0 Å². The van der Waals surface area contributed by atoms with Gasteiger partial charge in [-0.3, -0.25) is 0 Å². The minimum atomic E-state index is 0.935. The second-order valence-corrected chi connectivity index (χ2v) is 2.33. The van der Waals surface area contributed by atoms with Crippen molar-refractivity contribution in [3.63, 3.8) is 0 Å². The van der Waals surface area contributed by atoms with Gasteiger partial charge in [0.15, 0.2) is 0 Å². The zero-order valence-electron chi connectivity index (χ0n) is 7.40. The fourth-order valence-corrected chi connectivity index (χ4v) is 0.289. The molecule has 0 aromatic carbocycles. The van der Waals surface area contributed by atoms with Crippen LogP contribution in [0.5, 0.6) is 0 Å². The van der Waals surface area contributed by atoms with E-state index in [1.807, 2.05) is 0 Å². The number of hydrogen-bond acceptors (Lipinski definition) is 1. The summed E-state index contributed by atoms with van der Waals surface area (Å²) < 4.78 is 4.25. The van der Waals surface area contributed by atoms with Crippen molar-refractivity contribution in [1.82, 2.24) is 0 Å². The molecule has 1 heteroatoms. The maximum Gasteiger partial charge on any atom is 0.0351 e. The zero-order valence-corrected chi connectivity index (χ0v) is 7.40. The van der Waals surface area contributed by atoms with E-state index in [1.54, 1.807) is 14.2 Å². The topological polar surface area (TPSA) is 9.23 Å². The second kappa shape index (κ2) is 10.9. The van der Waals surface area contributed by atoms with Crippen LogP contribution in [0.15, 0.2) is 0 Å². The molecule has 58 valence electrons. The standard InChI is InChI=1S/C6H14.C2H6O/c1-4-6(3)5-2;1-3-2/h6H,4-5H2,1-3H3;1-2H3. The van der Waals surface area contributed by atoms with E-state index in [0.29, 0.717) is 0 Å². The average molecular weight is 132 g/mol. The third kappa shape index (κ3) is 18.0. The monoisotopic (exact) mass is 132 g/mol. The molecule has 0 aromatic heterocycles. The average Bonchev–Trinajstić information content (AvgIpc) is 1.88. The third-order valence-electron chi connectivity index (χ3n) is 1.39. The van der Waals surface area contributed by atoms with Crippen LogP contribution in [0.1, 0.15) is 33.6 Å². The third-order valence-corrected chi connectivity index (χ3v) is 1.39. The van der Waals surface area contributed by atoms with Gasteiger partial charge >= 0.3 is 0 Å². The minimum Gasteiger partial charge on any atom is -0.388 e.